The topological polar surface area (TPSA) is 3.24 Å². The number of alkyl halides is 1. The van der Waals surface area contributed by atoms with E-state index >= 15 is 0 Å². The average Bonchev–Trinajstić information content (AvgIpc) is 2.32. The first-order valence-electron chi connectivity index (χ1n) is 6.12. The summed E-state index contributed by atoms with van der Waals surface area (Å²) >= 11 is 5.94. The van der Waals surface area contributed by atoms with Crippen LogP contribution in [-0.2, 0) is 6.54 Å². The molecule has 0 spiro atoms. The van der Waals surface area contributed by atoms with Gasteiger partial charge in [0.25, 0.3) is 0 Å². The van der Waals surface area contributed by atoms with Gasteiger partial charge in [0.1, 0.15) is 0 Å². The molecular weight excluding hydrogens is 218 g/mol. The van der Waals surface area contributed by atoms with Gasteiger partial charge in [0.2, 0.25) is 0 Å². The van der Waals surface area contributed by atoms with Crippen LogP contribution >= 0.6 is 11.6 Å². The van der Waals surface area contributed by atoms with Crippen LogP contribution in [0.25, 0.3) is 0 Å². The molecule has 16 heavy (non-hydrogen) atoms. The molecule has 0 bridgehead atoms. The lowest BCUT2D eigenvalue weighted by molar-refractivity contribution is 0.178. The summed E-state index contributed by atoms with van der Waals surface area (Å²) in [4.78, 5) is 2.53. The highest BCUT2D eigenvalue weighted by atomic mass is 35.5. The SMILES string of the molecule is Cc1ccc(CN2CCCC(CCl)C2)cc1. The lowest BCUT2D eigenvalue weighted by Gasteiger charge is -2.31. The van der Waals surface area contributed by atoms with Crippen LogP contribution in [0.5, 0.6) is 0 Å². The second kappa shape index (κ2) is 5.70. The van der Waals surface area contributed by atoms with E-state index in [1.165, 1.54) is 30.5 Å². The molecule has 1 nitrogen and oxygen atoms in total. The minimum Gasteiger partial charge on any atom is -0.299 e. The van der Waals surface area contributed by atoms with Gasteiger partial charge >= 0.3 is 0 Å². The van der Waals surface area contributed by atoms with Gasteiger partial charge in [-0.1, -0.05) is 29.8 Å². The van der Waals surface area contributed by atoms with E-state index in [4.69, 9.17) is 11.6 Å². The second-order valence-electron chi connectivity index (χ2n) is 4.88. The van der Waals surface area contributed by atoms with Crippen LogP contribution < -0.4 is 0 Å². The Bertz CT molecular complexity index is 320. The maximum atomic E-state index is 5.94. The van der Waals surface area contributed by atoms with E-state index in [2.05, 4.69) is 36.1 Å². The van der Waals surface area contributed by atoms with E-state index in [0.29, 0.717) is 5.92 Å². The predicted octanol–water partition coefficient (Wildman–Crippen LogP) is 3.45. The third-order valence-electron chi connectivity index (χ3n) is 3.35. The predicted molar refractivity (Wildman–Crippen MR) is 69.9 cm³/mol. The summed E-state index contributed by atoms with van der Waals surface area (Å²) < 4.78 is 0. The number of rotatable bonds is 3. The van der Waals surface area contributed by atoms with Crippen molar-refractivity contribution >= 4 is 11.6 Å². The quantitative estimate of drug-likeness (QED) is 0.728. The van der Waals surface area contributed by atoms with Crippen LogP contribution in [0.15, 0.2) is 24.3 Å². The molecule has 1 heterocycles. The Labute approximate surface area is 103 Å². The molecule has 1 fully saturated rings. The molecule has 2 rings (SSSR count). The van der Waals surface area contributed by atoms with Gasteiger partial charge in [0.15, 0.2) is 0 Å². The van der Waals surface area contributed by atoms with Crippen molar-refractivity contribution in [1.82, 2.24) is 4.90 Å². The van der Waals surface area contributed by atoms with Gasteiger partial charge in [0, 0.05) is 19.0 Å². The summed E-state index contributed by atoms with van der Waals surface area (Å²) in [5, 5.41) is 0. The molecule has 88 valence electrons. The summed E-state index contributed by atoms with van der Waals surface area (Å²) in [5.41, 5.74) is 2.75. The third-order valence-corrected chi connectivity index (χ3v) is 3.78. The normalized spacial score (nSPS) is 22.2. The Kier molecular flexibility index (Phi) is 4.25. The minimum atomic E-state index is 0.695. The molecular formula is C14H20ClN. The van der Waals surface area contributed by atoms with Crippen molar-refractivity contribution in [2.24, 2.45) is 5.92 Å². The van der Waals surface area contributed by atoms with E-state index in [1.807, 2.05) is 0 Å². The van der Waals surface area contributed by atoms with Gasteiger partial charge in [-0.05, 0) is 37.8 Å². The first-order valence-corrected chi connectivity index (χ1v) is 6.65. The van der Waals surface area contributed by atoms with Crippen LogP contribution in [0.1, 0.15) is 24.0 Å². The molecule has 0 aromatic heterocycles. The largest absolute Gasteiger partial charge is 0.299 e. The Morgan fingerprint density at radius 1 is 1.31 bits per heavy atom. The van der Waals surface area contributed by atoms with Gasteiger partial charge < -0.3 is 0 Å². The monoisotopic (exact) mass is 237 g/mol. The summed E-state index contributed by atoms with van der Waals surface area (Å²) in [6, 6.07) is 8.86. The number of hydrogen-bond acceptors (Lipinski definition) is 1. The van der Waals surface area contributed by atoms with Crippen LogP contribution in [0.4, 0.5) is 0 Å². The van der Waals surface area contributed by atoms with Gasteiger partial charge in [0.05, 0.1) is 0 Å². The Hall–Kier alpha value is -0.530. The standard InChI is InChI=1S/C14H20ClN/c1-12-4-6-13(7-5-12)10-16-8-2-3-14(9-15)11-16/h4-7,14H,2-3,8-11H2,1H3. The van der Waals surface area contributed by atoms with Crippen molar-refractivity contribution in [2.45, 2.75) is 26.3 Å². The van der Waals surface area contributed by atoms with E-state index in [1.54, 1.807) is 0 Å². The molecule has 1 aromatic carbocycles. The highest BCUT2D eigenvalue weighted by Gasteiger charge is 2.18. The number of hydrogen-bond donors (Lipinski definition) is 0. The Morgan fingerprint density at radius 2 is 2.06 bits per heavy atom. The molecule has 0 aliphatic carbocycles. The van der Waals surface area contributed by atoms with Crippen molar-refractivity contribution in [1.29, 1.82) is 0 Å². The van der Waals surface area contributed by atoms with E-state index in [0.717, 1.165) is 19.0 Å². The number of benzene rings is 1. The third kappa shape index (κ3) is 3.23. The first-order chi connectivity index (χ1) is 7.78. The zero-order valence-corrected chi connectivity index (χ0v) is 10.7. The lowest BCUT2D eigenvalue weighted by Crippen LogP contribution is -2.35. The zero-order chi connectivity index (χ0) is 11.4. The smallest absolute Gasteiger partial charge is 0.0263 e. The molecule has 1 saturated heterocycles. The highest BCUT2D eigenvalue weighted by molar-refractivity contribution is 6.18. The fourth-order valence-corrected chi connectivity index (χ4v) is 2.62. The minimum absolute atomic E-state index is 0.695. The van der Waals surface area contributed by atoms with E-state index in [-0.39, 0.29) is 0 Å². The molecule has 1 aliphatic heterocycles. The number of aryl methyl sites for hydroxylation is 1. The van der Waals surface area contributed by atoms with Gasteiger partial charge in [-0.15, -0.1) is 11.6 Å². The van der Waals surface area contributed by atoms with Crippen LogP contribution in [0.3, 0.4) is 0 Å². The van der Waals surface area contributed by atoms with Crippen molar-refractivity contribution in [3.05, 3.63) is 35.4 Å². The van der Waals surface area contributed by atoms with Crippen LogP contribution in [0.2, 0.25) is 0 Å². The van der Waals surface area contributed by atoms with Crippen LogP contribution in [0, 0.1) is 12.8 Å². The molecule has 0 N–H and O–H groups in total. The summed E-state index contributed by atoms with van der Waals surface area (Å²) in [5.74, 6) is 1.51. The molecule has 0 saturated carbocycles. The van der Waals surface area contributed by atoms with Crippen LogP contribution in [-0.4, -0.2) is 23.9 Å². The summed E-state index contributed by atoms with van der Waals surface area (Å²) in [7, 11) is 0. The molecule has 1 atom stereocenters. The van der Waals surface area contributed by atoms with Crippen molar-refractivity contribution < 1.29 is 0 Å². The van der Waals surface area contributed by atoms with E-state index in [9.17, 15) is 0 Å². The maximum Gasteiger partial charge on any atom is 0.0263 e. The molecule has 1 aromatic rings. The fraction of sp³-hybridized carbons (Fsp3) is 0.571. The fourth-order valence-electron chi connectivity index (χ4n) is 2.37. The zero-order valence-electron chi connectivity index (χ0n) is 9.95. The van der Waals surface area contributed by atoms with Gasteiger partial charge in [-0.2, -0.15) is 0 Å². The molecule has 0 radical (unpaired) electrons. The highest BCUT2D eigenvalue weighted by Crippen LogP contribution is 2.19. The molecule has 0 amide bonds. The van der Waals surface area contributed by atoms with Crippen molar-refractivity contribution in [3.63, 3.8) is 0 Å². The van der Waals surface area contributed by atoms with E-state index < -0.39 is 0 Å². The molecule has 1 unspecified atom stereocenters. The number of halogens is 1. The van der Waals surface area contributed by atoms with Crippen molar-refractivity contribution in [3.8, 4) is 0 Å². The first kappa shape index (κ1) is 11.9. The van der Waals surface area contributed by atoms with Crippen molar-refractivity contribution in [2.75, 3.05) is 19.0 Å². The lowest BCUT2D eigenvalue weighted by atomic mass is 9.99. The summed E-state index contributed by atoms with van der Waals surface area (Å²) in [6.45, 7) is 5.60. The summed E-state index contributed by atoms with van der Waals surface area (Å²) in [6.07, 6.45) is 2.59. The second-order valence-corrected chi connectivity index (χ2v) is 5.19. The van der Waals surface area contributed by atoms with Gasteiger partial charge in [-0.25, -0.2) is 0 Å². The average molecular weight is 238 g/mol. The molecule has 1 aliphatic rings. The number of likely N-dealkylation sites (tertiary alicyclic amines) is 1. The van der Waals surface area contributed by atoms with Gasteiger partial charge in [-0.3, -0.25) is 4.90 Å². The Morgan fingerprint density at radius 3 is 2.75 bits per heavy atom. The number of piperidine rings is 1. The molecule has 2 heteroatoms. The maximum absolute atomic E-state index is 5.94. The number of nitrogens with zero attached hydrogens (tertiary/aromatic N) is 1. The Balaban J connectivity index is 1.91.